The number of carbonyl (C=O) groups excluding carboxylic acids is 1. The summed E-state index contributed by atoms with van der Waals surface area (Å²) in [5, 5.41) is 13.3. The molecule has 21 heavy (non-hydrogen) atoms. The Morgan fingerprint density at radius 2 is 1.90 bits per heavy atom. The second kappa shape index (κ2) is 7.35. The third-order valence-corrected chi connectivity index (χ3v) is 3.18. The van der Waals surface area contributed by atoms with Crippen LogP contribution in [-0.4, -0.2) is 23.1 Å². The number of halogens is 3. The number of urea groups is 1. The fraction of sp³-hybridized carbons (Fsp3) is 0.385. The van der Waals surface area contributed by atoms with Gasteiger partial charge in [0.2, 0.25) is 0 Å². The predicted molar refractivity (Wildman–Crippen MR) is 77.1 cm³/mol. The van der Waals surface area contributed by atoms with Crippen LogP contribution in [0.2, 0.25) is 0 Å². The van der Waals surface area contributed by atoms with Gasteiger partial charge in [-0.3, -0.25) is 0 Å². The fourth-order valence-electron chi connectivity index (χ4n) is 1.63. The topological polar surface area (TPSA) is 78.4 Å². The van der Waals surface area contributed by atoms with Crippen LogP contribution in [0.1, 0.15) is 20.3 Å². The maximum Gasteiger partial charge on any atom is 0.326 e. The van der Waals surface area contributed by atoms with Gasteiger partial charge in [-0.2, -0.15) is 0 Å². The van der Waals surface area contributed by atoms with Crippen molar-refractivity contribution >= 4 is 33.6 Å². The van der Waals surface area contributed by atoms with Gasteiger partial charge in [0.25, 0.3) is 0 Å². The average Bonchev–Trinajstić information content (AvgIpc) is 2.34. The van der Waals surface area contributed by atoms with Crippen LogP contribution < -0.4 is 10.6 Å². The largest absolute Gasteiger partial charge is 0.480 e. The third kappa shape index (κ3) is 5.30. The molecule has 0 bridgehead atoms. The standard InChI is InChI=1S/C13H15BrF2N2O3/c1-6(2)3-11(12(19)20)18-13(21)17-10-5-8(15)7(14)4-9(10)16/h4-6,11H,3H2,1-2H3,(H,19,20)(H2,17,18,21). The highest BCUT2D eigenvalue weighted by Gasteiger charge is 2.21. The molecule has 2 amide bonds. The lowest BCUT2D eigenvalue weighted by molar-refractivity contribution is -0.139. The molecule has 1 rings (SSSR count). The minimum Gasteiger partial charge on any atom is -0.480 e. The molecular weight excluding hydrogens is 350 g/mol. The van der Waals surface area contributed by atoms with E-state index in [0.29, 0.717) is 0 Å². The zero-order valence-corrected chi connectivity index (χ0v) is 13.0. The molecule has 5 nitrogen and oxygen atoms in total. The number of carbonyl (C=O) groups is 2. The number of nitrogens with one attached hydrogen (secondary N) is 2. The highest BCUT2D eigenvalue weighted by molar-refractivity contribution is 9.10. The summed E-state index contributed by atoms with van der Waals surface area (Å²) in [6.07, 6.45) is 0.222. The summed E-state index contributed by atoms with van der Waals surface area (Å²) in [7, 11) is 0. The Labute approximate surface area is 128 Å². The van der Waals surface area contributed by atoms with Gasteiger partial charge >= 0.3 is 12.0 Å². The smallest absolute Gasteiger partial charge is 0.326 e. The van der Waals surface area contributed by atoms with E-state index in [1.807, 2.05) is 0 Å². The van der Waals surface area contributed by atoms with E-state index in [9.17, 15) is 18.4 Å². The van der Waals surface area contributed by atoms with Crippen molar-refractivity contribution in [3.8, 4) is 0 Å². The number of rotatable bonds is 5. The molecule has 1 aromatic carbocycles. The number of amides is 2. The second-order valence-electron chi connectivity index (χ2n) is 4.86. The lowest BCUT2D eigenvalue weighted by Gasteiger charge is -2.17. The van der Waals surface area contributed by atoms with Crippen LogP contribution >= 0.6 is 15.9 Å². The Morgan fingerprint density at radius 1 is 1.29 bits per heavy atom. The van der Waals surface area contributed by atoms with Crippen molar-refractivity contribution in [2.24, 2.45) is 5.92 Å². The van der Waals surface area contributed by atoms with E-state index in [1.165, 1.54) is 0 Å². The van der Waals surface area contributed by atoms with Crippen LogP contribution in [0.4, 0.5) is 19.3 Å². The number of hydrogen-bond donors (Lipinski definition) is 3. The molecule has 3 N–H and O–H groups in total. The Hall–Kier alpha value is -1.70. The summed E-state index contributed by atoms with van der Waals surface area (Å²) in [6.45, 7) is 3.61. The quantitative estimate of drug-likeness (QED) is 0.701. The molecule has 0 fully saturated rings. The minimum atomic E-state index is -1.19. The fourth-order valence-corrected chi connectivity index (χ4v) is 1.94. The molecule has 0 aliphatic carbocycles. The first-order valence-corrected chi connectivity index (χ1v) is 6.95. The molecule has 116 valence electrons. The Kier molecular flexibility index (Phi) is 6.07. The van der Waals surface area contributed by atoms with Crippen molar-refractivity contribution in [1.29, 1.82) is 0 Å². The van der Waals surface area contributed by atoms with Crippen LogP contribution in [0.15, 0.2) is 16.6 Å². The number of benzene rings is 1. The van der Waals surface area contributed by atoms with E-state index in [1.54, 1.807) is 13.8 Å². The number of aliphatic carboxylic acids is 1. The van der Waals surface area contributed by atoms with Gasteiger partial charge in [-0.1, -0.05) is 13.8 Å². The molecule has 0 spiro atoms. The maximum absolute atomic E-state index is 13.5. The normalized spacial score (nSPS) is 12.1. The molecule has 0 radical (unpaired) electrons. The molecule has 0 saturated carbocycles. The second-order valence-corrected chi connectivity index (χ2v) is 5.72. The Bertz CT molecular complexity index is 552. The van der Waals surface area contributed by atoms with Gasteiger partial charge in [-0.15, -0.1) is 0 Å². The zero-order valence-electron chi connectivity index (χ0n) is 11.4. The van der Waals surface area contributed by atoms with E-state index in [-0.39, 0.29) is 22.5 Å². The van der Waals surface area contributed by atoms with Gasteiger partial charge in [0.15, 0.2) is 0 Å². The van der Waals surface area contributed by atoms with Crippen LogP contribution in [0, 0.1) is 17.6 Å². The molecule has 0 aliphatic heterocycles. The number of carboxylic acids is 1. The first-order chi connectivity index (χ1) is 9.70. The molecule has 0 aromatic heterocycles. The monoisotopic (exact) mass is 364 g/mol. The molecule has 0 saturated heterocycles. The highest BCUT2D eigenvalue weighted by atomic mass is 79.9. The maximum atomic E-state index is 13.5. The van der Waals surface area contributed by atoms with Crippen molar-refractivity contribution in [1.82, 2.24) is 5.32 Å². The SMILES string of the molecule is CC(C)CC(NC(=O)Nc1cc(F)c(Br)cc1F)C(=O)O. The van der Waals surface area contributed by atoms with Gasteiger partial charge in [-0.05, 0) is 34.3 Å². The van der Waals surface area contributed by atoms with Crippen LogP contribution in [0.5, 0.6) is 0 Å². The Balaban J connectivity index is 2.77. The molecule has 8 heteroatoms. The molecule has 1 atom stereocenters. The lowest BCUT2D eigenvalue weighted by Crippen LogP contribution is -2.43. The summed E-state index contributed by atoms with van der Waals surface area (Å²) in [4.78, 5) is 22.7. The van der Waals surface area contributed by atoms with Crippen molar-refractivity contribution in [2.75, 3.05) is 5.32 Å². The molecular formula is C13H15BrF2N2O3. The van der Waals surface area contributed by atoms with Crippen LogP contribution in [-0.2, 0) is 4.79 Å². The molecule has 0 aliphatic rings. The van der Waals surface area contributed by atoms with Gasteiger partial charge in [0.1, 0.15) is 17.7 Å². The van der Waals surface area contributed by atoms with Crippen LogP contribution in [0.3, 0.4) is 0 Å². The van der Waals surface area contributed by atoms with Crippen molar-refractivity contribution in [2.45, 2.75) is 26.3 Å². The summed E-state index contributed by atoms with van der Waals surface area (Å²) >= 11 is 2.81. The zero-order chi connectivity index (χ0) is 16.2. The van der Waals surface area contributed by atoms with E-state index in [0.717, 1.165) is 12.1 Å². The summed E-state index contributed by atoms with van der Waals surface area (Å²) < 4.78 is 26.8. The number of hydrogen-bond acceptors (Lipinski definition) is 2. The number of carboxylic acid groups (broad SMARTS) is 1. The summed E-state index contributed by atoms with van der Waals surface area (Å²) in [5.41, 5.74) is -0.373. The molecule has 1 aromatic rings. The summed E-state index contributed by atoms with van der Waals surface area (Å²) in [5.74, 6) is -2.73. The third-order valence-electron chi connectivity index (χ3n) is 2.57. The lowest BCUT2D eigenvalue weighted by atomic mass is 10.0. The van der Waals surface area contributed by atoms with Gasteiger partial charge in [-0.25, -0.2) is 18.4 Å². The molecule has 0 heterocycles. The Morgan fingerprint density at radius 3 is 2.43 bits per heavy atom. The minimum absolute atomic E-state index is 0.0493. The van der Waals surface area contributed by atoms with Crippen LogP contribution in [0.25, 0.3) is 0 Å². The predicted octanol–water partition coefficient (Wildman–Crippen LogP) is 3.35. The van der Waals surface area contributed by atoms with E-state index in [4.69, 9.17) is 5.11 Å². The van der Waals surface area contributed by atoms with E-state index < -0.39 is 29.7 Å². The van der Waals surface area contributed by atoms with Crippen molar-refractivity contribution in [3.63, 3.8) is 0 Å². The van der Waals surface area contributed by atoms with E-state index in [2.05, 4.69) is 26.6 Å². The first kappa shape index (κ1) is 17.4. The average molecular weight is 365 g/mol. The highest BCUT2D eigenvalue weighted by Crippen LogP contribution is 2.23. The molecule has 1 unspecified atom stereocenters. The van der Waals surface area contributed by atoms with Crippen molar-refractivity contribution < 1.29 is 23.5 Å². The van der Waals surface area contributed by atoms with Gasteiger partial charge in [0.05, 0.1) is 10.2 Å². The summed E-state index contributed by atoms with van der Waals surface area (Å²) in [6, 6.07) is -0.345. The van der Waals surface area contributed by atoms with Gasteiger partial charge in [0, 0.05) is 6.07 Å². The van der Waals surface area contributed by atoms with Gasteiger partial charge < -0.3 is 15.7 Å². The number of anilines is 1. The first-order valence-electron chi connectivity index (χ1n) is 6.15. The van der Waals surface area contributed by atoms with Crippen molar-refractivity contribution in [3.05, 3.63) is 28.2 Å². The van der Waals surface area contributed by atoms with E-state index >= 15 is 0 Å².